The second-order valence-corrected chi connectivity index (χ2v) is 5.99. The van der Waals surface area contributed by atoms with Gasteiger partial charge in [-0.3, -0.25) is 9.59 Å². The van der Waals surface area contributed by atoms with Crippen LogP contribution in [-0.2, 0) is 9.59 Å². The van der Waals surface area contributed by atoms with E-state index < -0.39 is 6.04 Å². The molecule has 2 amide bonds. The van der Waals surface area contributed by atoms with Gasteiger partial charge in [-0.1, -0.05) is 19.0 Å². The minimum Gasteiger partial charge on any atom is -0.344 e. The first-order valence-corrected chi connectivity index (χ1v) is 7.49. The summed E-state index contributed by atoms with van der Waals surface area (Å²) in [6, 6.07) is -0.527. The first kappa shape index (κ1) is 14.0. The predicted octanol–water partition coefficient (Wildman–Crippen LogP) is 1.14. The zero-order chi connectivity index (χ0) is 15.0. The highest BCUT2D eigenvalue weighted by molar-refractivity contribution is 5.91. The summed E-state index contributed by atoms with van der Waals surface area (Å²) in [6.45, 7) is 4.66. The molecule has 7 heteroatoms. The summed E-state index contributed by atoms with van der Waals surface area (Å²) in [5, 5.41) is 6.76. The minimum atomic E-state index is -0.394. The molecule has 0 saturated carbocycles. The molecule has 0 aliphatic carbocycles. The van der Waals surface area contributed by atoms with Crippen molar-refractivity contribution in [2.75, 3.05) is 6.54 Å². The Hall–Kier alpha value is -1.92. The van der Waals surface area contributed by atoms with Gasteiger partial charge in [-0.05, 0) is 19.3 Å². The van der Waals surface area contributed by atoms with E-state index in [0.29, 0.717) is 31.1 Å². The number of amides is 2. The van der Waals surface area contributed by atoms with Crippen molar-refractivity contribution in [3.8, 4) is 0 Å². The van der Waals surface area contributed by atoms with Gasteiger partial charge in [-0.25, -0.2) is 0 Å². The molecule has 2 fully saturated rings. The van der Waals surface area contributed by atoms with Crippen LogP contribution < -0.4 is 5.32 Å². The minimum absolute atomic E-state index is 0.0285. The lowest BCUT2D eigenvalue weighted by Gasteiger charge is -2.25. The van der Waals surface area contributed by atoms with Gasteiger partial charge in [0.2, 0.25) is 17.7 Å². The van der Waals surface area contributed by atoms with E-state index in [0.717, 1.165) is 12.8 Å². The Kier molecular flexibility index (Phi) is 3.65. The molecule has 0 spiro atoms. The van der Waals surface area contributed by atoms with Gasteiger partial charge < -0.3 is 14.7 Å². The van der Waals surface area contributed by atoms with Gasteiger partial charge >= 0.3 is 0 Å². The number of nitrogens with one attached hydrogen (secondary N) is 1. The van der Waals surface area contributed by atoms with E-state index in [9.17, 15) is 9.59 Å². The third-order valence-corrected chi connectivity index (χ3v) is 4.08. The summed E-state index contributed by atoms with van der Waals surface area (Å²) in [4.78, 5) is 30.0. The monoisotopic (exact) mass is 292 g/mol. The van der Waals surface area contributed by atoms with Crippen LogP contribution in [0.4, 0.5) is 0 Å². The van der Waals surface area contributed by atoms with Gasteiger partial charge in [0.25, 0.3) is 0 Å². The highest BCUT2D eigenvalue weighted by Gasteiger charge is 2.38. The second-order valence-electron chi connectivity index (χ2n) is 5.99. The number of aromatic nitrogens is 2. The molecule has 2 atom stereocenters. The topological polar surface area (TPSA) is 88.3 Å². The van der Waals surface area contributed by atoms with Crippen molar-refractivity contribution in [1.29, 1.82) is 0 Å². The molecule has 1 N–H and O–H groups in total. The average molecular weight is 292 g/mol. The summed E-state index contributed by atoms with van der Waals surface area (Å²) in [6.07, 6.45) is 2.76. The molecule has 2 aliphatic heterocycles. The number of rotatable bonds is 3. The second kappa shape index (κ2) is 5.46. The first-order valence-electron chi connectivity index (χ1n) is 7.49. The molecule has 2 saturated heterocycles. The van der Waals surface area contributed by atoms with Crippen LogP contribution in [0.5, 0.6) is 0 Å². The lowest BCUT2D eigenvalue weighted by molar-refractivity contribution is -0.135. The standard InChI is InChI=1S/C14H20N4O3/c1-8(2)13-16-12(17-21-13)10-4-3-7-18(10)14(20)9-5-6-11(19)15-9/h8-10H,3-7H2,1-2H3,(H,15,19)/t9-,10-/m1/s1. The molecule has 0 unspecified atom stereocenters. The normalized spacial score (nSPS) is 25.7. The van der Waals surface area contributed by atoms with Crippen molar-refractivity contribution >= 4 is 11.8 Å². The number of hydrogen-bond donors (Lipinski definition) is 1. The highest BCUT2D eigenvalue weighted by Crippen LogP contribution is 2.32. The predicted molar refractivity (Wildman–Crippen MR) is 73.2 cm³/mol. The van der Waals surface area contributed by atoms with E-state index in [2.05, 4.69) is 15.5 Å². The third-order valence-electron chi connectivity index (χ3n) is 4.08. The zero-order valence-corrected chi connectivity index (χ0v) is 12.3. The van der Waals surface area contributed by atoms with Crippen LogP contribution in [0.1, 0.15) is 63.2 Å². The maximum Gasteiger partial charge on any atom is 0.245 e. The molecule has 7 nitrogen and oxygen atoms in total. The number of likely N-dealkylation sites (tertiary alicyclic amines) is 1. The SMILES string of the molecule is CC(C)c1nc([C@H]2CCCN2C(=O)[C@H]2CCC(=O)N2)no1. The van der Waals surface area contributed by atoms with Crippen LogP contribution in [0, 0.1) is 0 Å². The Bertz CT molecular complexity index is 554. The molecule has 3 heterocycles. The van der Waals surface area contributed by atoms with Crippen LogP contribution >= 0.6 is 0 Å². The van der Waals surface area contributed by atoms with Crippen molar-refractivity contribution in [3.05, 3.63) is 11.7 Å². The van der Waals surface area contributed by atoms with Gasteiger partial charge in [0.05, 0.1) is 6.04 Å². The van der Waals surface area contributed by atoms with Gasteiger partial charge in [-0.2, -0.15) is 4.98 Å². The fraction of sp³-hybridized carbons (Fsp3) is 0.714. The van der Waals surface area contributed by atoms with Crippen LogP contribution in [0.3, 0.4) is 0 Å². The number of carbonyl (C=O) groups is 2. The largest absolute Gasteiger partial charge is 0.344 e. The van der Waals surface area contributed by atoms with Crippen molar-refractivity contribution in [2.24, 2.45) is 0 Å². The van der Waals surface area contributed by atoms with E-state index in [-0.39, 0.29) is 23.8 Å². The molecule has 21 heavy (non-hydrogen) atoms. The number of hydrogen-bond acceptors (Lipinski definition) is 5. The molecule has 0 aromatic carbocycles. The Morgan fingerprint density at radius 1 is 1.43 bits per heavy atom. The van der Waals surface area contributed by atoms with Crippen LogP contribution in [0.25, 0.3) is 0 Å². The molecular weight excluding hydrogens is 272 g/mol. The lowest BCUT2D eigenvalue weighted by Crippen LogP contribution is -2.44. The summed E-state index contributed by atoms with van der Waals surface area (Å²) in [5.74, 6) is 1.27. The smallest absolute Gasteiger partial charge is 0.245 e. The average Bonchev–Trinajstić information content (AvgIpc) is 3.17. The van der Waals surface area contributed by atoms with Gasteiger partial charge in [0, 0.05) is 18.9 Å². The quantitative estimate of drug-likeness (QED) is 0.902. The molecule has 1 aromatic heterocycles. The Morgan fingerprint density at radius 2 is 2.24 bits per heavy atom. The van der Waals surface area contributed by atoms with Gasteiger partial charge in [0.15, 0.2) is 5.82 Å². The van der Waals surface area contributed by atoms with Crippen LogP contribution in [0.15, 0.2) is 4.52 Å². The molecule has 2 aliphatic rings. The fourth-order valence-corrected chi connectivity index (χ4v) is 2.92. The first-order chi connectivity index (χ1) is 10.1. The molecular formula is C14H20N4O3. The molecule has 1 aromatic rings. The number of nitrogens with zero attached hydrogens (tertiary/aromatic N) is 3. The number of carbonyl (C=O) groups excluding carboxylic acids is 2. The third kappa shape index (κ3) is 2.64. The van der Waals surface area contributed by atoms with E-state index in [1.54, 1.807) is 4.90 Å². The van der Waals surface area contributed by atoms with Crippen LogP contribution in [-0.4, -0.2) is 39.4 Å². The molecule has 114 valence electrons. The lowest BCUT2D eigenvalue weighted by atomic mass is 10.1. The summed E-state index contributed by atoms with van der Waals surface area (Å²) in [7, 11) is 0. The maximum atomic E-state index is 12.5. The zero-order valence-electron chi connectivity index (χ0n) is 12.3. The van der Waals surface area contributed by atoms with Gasteiger partial charge in [0.1, 0.15) is 6.04 Å². The van der Waals surface area contributed by atoms with E-state index in [1.807, 2.05) is 13.8 Å². The Morgan fingerprint density at radius 3 is 2.86 bits per heavy atom. The van der Waals surface area contributed by atoms with Crippen molar-refractivity contribution in [3.63, 3.8) is 0 Å². The van der Waals surface area contributed by atoms with Crippen molar-refractivity contribution in [1.82, 2.24) is 20.4 Å². The summed E-state index contributed by atoms with van der Waals surface area (Å²) < 4.78 is 5.24. The summed E-state index contributed by atoms with van der Waals surface area (Å²) >= 11 is 0. The van der Waals surface area contributed by atoms with Gasteiger partial charge in [-0.15, -0.1) is 0 Å². The van der Waals surface area contributed by atoms with E-state index >= 15 is 0 Å². The van der Waals surface area contributed by atoms with Crippen LogP contribution in [0.2, 0.25) is 0 Å². The van der Waals surface area contributed by atoms with E-state index in [1.165, 1.54) is 0 Å². The summed E-state index contributed by atoms with van der Waals surface area (Å²) in [5.41, 5.74) is 0. The Balaban J connectivity index is 1.75. The molecule has 0 radical (unpaired) electrons. The highest BCUT2D eigenvalue weighted by atomic mass is 16.5. The van der Waals surface area contributed by atoms with Crippen molar-refractivity contribution in [2.45, 2.75) is 57.5 Å². The maximum absolute atomic E-state index is 12.5. The van der Waals surface area contributed by atoms with E-state index in [4.69, 9.17) is 4.52 Å². The molecule has 3 rings (SSSR count). The van der Waals surface area contributed by atoms with Crippen molar-refractivity contribution < 1.29 is 14.1 Å². The molecule has 0 bridgehead atoms. The Labute approximate surface area is 123 Å². The fourth-order valence-electron chi connectivity index (χ4n) is 2.92.